The molecule has 5 nitrogen and oxygen atoms in total. The highest BCUT2D eigenvalue weighted by molar-refractivity contribution is 6.33. The second-order valence-electron chi connectivity index (χ2n) is 4.10. The van der Waals surface area contributed by atoms with Gasteiger partial charge in [0.25, 0.3) is 5.91 Å². The minimum Gasteiger partial charge on any atom is -0.481 e. The van der Waals surface area contributed by atoms with E-state index in [0.717, 1.165) is 0 Å². The standard InChI is InChI=1S/C12H15ClN2O3/c1-8(2-3-11(16)17)6-15-12(18)9-7-14-5-4-10(9)13/h4-5,7-8H,2-3,6H2,1H3,(H,15,18)(H,16,17). The first kappa shape index (κ1) is 14.4. The number of carboxylic acid groups (broad SMARTS) is 1. The van der Waals surface area contributed by atoms with Gasteiger partial charge in [-0.1, -0.05) is 18.5 Å². The van der Waals surface area contributed by atoms with Crippen molar-refractivity contribution in [1.29, 1.82) is 0 Å². The summed E-state index contributed by atoms with van der Waals surface area (Å²) in [5.74, 6) is -1.03. The van der Waals surface area contributed by atoms with Gasteiger partial charge in [-0.05, 0) is 18.4 Å². The maximum absolute atomic E-state index is 11.8. The van der Waals surface area contributed by atoms with Crippen molar-refractivity contribution in [3.63, 3.8) is 0 Å². The van der Waals surface area contributed by atoms with Gasteiger partial charge in [-0.25, -0.2) is 0 Å². The highest BCUT2D eigenvalue weighted by Crippen LogP contribution is 2.13. The topological polar surface area (TPSA) is 79.3 Å². The summed E-state index contributed by atoms with van der Waals surface area (Å²) in [4.78, 5) is 26.0. The maximum atomic E-state index is 11.8. The molecule has 0 aromatic carbocycles. The lowest BCUT2D eigenvalue weighted by Crippen LogP contribution is -2.28. The van der Waals surface area contributed by atoms with Crippen LogP contribution in [0.1, 0.15) is 30.1 Å². The molecule has 98 valence electrons. The van der Waals surface area contributed by atoms with Crippen LogP contribution < -0.4 is 5.32 Å². The Balaban J connectivity index is 2.42. The molecular weight excluding hydrogens is 256 g/mol. The van der Waals surface area contributed by atoms with Crippen molar-refractivity contribution >= 4 is 23.5 Å². The predicted molar refractivity (Wildman–Crippen MR) is 67.6 cm³/mol. The second-order valence-corrected chi connectivity index (χ2v) is 4.51. The van der Waals surface area contributed by atoms with Crippen LogP contribution in [0, 0.1) is 5.92 Å². The molecule has 1 atom stereocenters. The molecule has 1 amide bonds. The first-order valence-corrected chi connectivity index (χ1v) is 5.98. The van der Waals surface area contributed by atoms with Crippen LogP contribution in [0.3, 0.4) is 0 Å². The van der Waals surface area contributed by atoms with Crippen LogP contribution in [0.15, 0.2) is 18.5 Å². The Labute approximate surface area is 110 Å². The van der Waals surface area contributed by atoms with Crippen LogP contribution in [-0.2, 0) is 4.79 Å². The van der Waals surface area contributed by atoms with E-state index in [-0.39, 0.29) is 18.2 Å². The zero-order valence-electron chi connectivity index (χ0n) is 10.0. The molecule has 1 heterocycles. The van der Waals surface area contributed by atoms with E-state index in [1.54, 1.807) is 6.07 Å². The largest absolute Gasteiger partial charge is 0.481 e. The molecule has 18 heavy (non-hydrogen) atoms. The minimum absolute atomic E-state index is 0.0977. The number of aliphatic carboxylic acids is 1. The summed E-state index contributed by atoms with van der Waals surface area (Å²) in [6.45, 7) is 2.30. The predicted octanol–water partition coefficient (Wildman–Crippen LogP) is 1.97. The van der Waals surface area contributed by atoms with Crippen molar-refractivity contribution in [3.05, 3.63) is 29.0 Å². The van der Waals surface area contributed by atoms with Crippen molar-refractivity contribution in [2.45, 2.75) is 19.8 Å². The van der Waals surface area contributed by atoms with E-state index in [2.05, 4.69) is 10.3 Å². The number of carbonyl (C=O) groups excluding carboxylic acids is 1. The lowest BCUT2D eigenvalue weighted by atomic mass is 10.1. The molecule has 6 heteroatoms. The molecule has 0 radical (unpaired) electrons. The number of carboxylic acids is 1. The Morgan fingerprint density at radius 3 is 2.89 bits per heavy atom. The summed E-state index contributed by atoms with van der Waals surface area (Å²) in [5.41, 5.74) is 0.324. The van der Waals surface area contributed by atoms with Crippen LogP contribution in [-0.4, -0.2) is 28.5 Å². The van der Waals surface area contributed by atoms with Crippen molar-refractivity contribution < 1.29 is 14.7 Å². The molecular formula is C12H15ClN2O3. The number of pyridine rings is 1. The van der Waals surface area contributed by atoms with Crippen LogP contribution in [0.2, 0.25) is 5.02 Å². The number of amides is 1. The van der Waals surface area contributed by atoms with Gasteiger partial charge in [-0.2, -0.15) is 0 Å². The van der Waals surface area contributed by atoms with Gasteiger partial charge in [-0.15, -0.1) is 0 Å². The Kier molecular flexibility index (Phi) is 5.58. The quantitative estimate of drug-likeness (QED) is 0.828. The third-order valence-corrected chi connectivity index (χ3v) is 2.80. The Morgan fingerprint density at radius 1 is 1.56 bits per heavy atom. The molecule has 0 fully saturated rings. The van der Waals surface area contributed by atoms with Crippen LogP contribution in [0.25, 0.3) is 0 Å². The fraction of sp³-hybridized carbons (Fsp3) is 0.417. The minimum atomic E-state index is -0.830. The van der Waals surface area contributed by atoms with Crippen molar-refractivity contribution in [3.8, 4) is 0 Å². The number of aromatic nitrogens is 1. The normalized spacial score (nSPS) is 11.9. The van der Waals surface area contributed by atoms with Crippen molar-refractivity contribution in [1.82, 2.24) is 10.3 Å². The van der Waals surface area contributed by atoms with Crippen molar-refractivity contribution in [2.75, 3.05) is 6.54 Å². The first-order valence-electron chi connectivity index (χ1n) is 5.60. The Morgan fingerprint density at radius 2 is 2.28 bits per heavy atom. The summed E-state index contributed by atoms with van der Waals surface area (Å²) in [6.07, 6.45) is 3.54. The van der Waals surface area contributed by atoms with Gasteiger partial charge in [0.2, 0.25) is 0 Å². The van der Waals surface area contributed by atoms with Gasteiger partial charge in [0.05, 0.1) is 10.6 Å². The Bertz CT molecular complexity index is 437. The highest BCUT2D eigenvalue weighted by atomic mass is 35.5. The number of rotatable bonds is 6. The zero-order chi connectivity index (χ0) is 13.5. The second kappa shape index (κ2) is 6.96. The molecule has 1 unspecified atom stereocenters. The number of carbonyl (C=O) groups is 2. The van der Waals surface area contributed by atoms with Crippen LogP contribution in [0.5, 0.6) is 0 Å². The smallest absolute Gasteiger partial charge is 0.303 e. The molecule has 2 N–H and O–H groups in total. The van der Waals surface area contributed by atoms with Gasteiger partial charge in [-0.3, -0.25) is 14.6 Å². The van der Waals surface area contributed by atoms with Gasteiger partial charge in [0.1, 0.15) is 0 Å². The zero-order valence-corrected chi connectivity index (χ0v) is 10.8. The average molecular weight is 271 g/mol. The van der Waals surface area contributed by atoms with Gasteiger partial charge in [0, 0.05) is 25.4 Å². The molecule has 0 saturated heterocycles. The van der Waals surface area contributed by atoms with E-state index < -0.39 is 5.97 Å². The highest BCUT2D eigenvalue weighted by Gasteiger charge is 2.12. The summed E-state index contributed by atoms with van der Waals surface area (Å²) in [7, 11) is 0. The molecule has 1 rings (SSSR count). The monoisotopic (exact) mass is 270 g/mol. The third kappa shape index (κ3) is 4.71. The molecule has 0 spiro atoms. The Hall–Kier alpha value is -1.62. The van der Waals surface area contributed by atoms with Crippen molar-refractivity contribution in [2.24, 2.45) is 5.92 Å². The van der Waals surface area contributed by atoms with Crippen LogP contribution in [0.4, 0.5) is 0 Å². The maximum Gasteiger partial charge on any atom is 0.303 e. The van der Waals surface area contributed by atoms with E-state index in [0.29, 0.717) is 23.6 Å². The molecule has 0 bridgehead atoms. The fourth-order valence-electron chi connectivity index (χ4n) is 1.38. The molecule has 0 aliphatic rings. The SMILES string of the molecule is CC(CCC(=O)O)CNC(=O)c1cnccc1Cl. The lowest BCUT2D eigenvalue weighted by Gasteiger charge is -2.11. The van der Waals surface area contributed by atoms with E-state index >= 15 is 0 Å². The molecule has 1 aromatic rings. The van der Waals surface area contributed by atoms with E-state index in [1.807, 2.05) is 6.92 Å². The first-order chi connectivity index (χ1) is 8.50. The molecule has 0 aliphatic carbocycles. The van der Waals surface area contributed by atoms with E-state index in [9.17, 15) is 9.59 Å². The van der Waals surface area contributed by atoms with Gasteiger partial charge < -0.3 is 10.4 Å². The summed E-state index contributed by atoms with van der Waals surface area (Å²) < 4.78 is 0. The van der Waals surface area contributed by atoms with E-state index in [1.165, 1.54) is 12.4 Å². The number of halogens is 1. The number of hydrogen-bond donors (Lipinski definition) is 2. The van der Waals surface area contributed by atoms with Gasteiger partial charge >= 0.3 is 5.97 Å². The van der Waals surface area contributed by atoms with Crippen LogP contribution >= 0.6 is 11.6 Å². The number of nitrogens with one attached hydrogen (secondary N) is 1. The molecule has 0 saturated carbocycles. The van der Waals surface area contributed by atoms with Gasteiger partial charge in [0.15, 0.2) is 0 Å². The molecule has 0 aliphatic heterocycles. The fourth-order valence-corrected chi connectivity index (χ4v) is 1.57. The lowest BCUT2D eigenvalue weighted by molar-refractivity contribution is -0.137. The molecule has 1 aromatic heterocycles. The number of hydrogen-bond acceptors (Lipinski definition) is 3. The average Bonchev–Trinajstić information content (AvgIpc) is 2.34. The summed E-state index contributed by atoms with van der Waals surface area (Å²) in [6, 6.07) is 1.55. The van der Waals surface area contributed by atoms with E-state index in [4.69, 9.17) is 16.7 Å². The summed E-state index contributed by atoms with van der Waals surface area (Å²) >= 11 is 5.86. The third-order valence-electron chi connectivity index (χ3n) is 2.47. The summed E-state index contributed by atoms with van der Waals surface area (Å²) in [5, 5.41) is 11.6. The number of nitrogens with zero attached hydrogens (tertiary/aromatic N) is 1.